The van der Waals surface area contributed by atoms with Gasteiger partial charge in [0, 0.05) is 23.6 Å². The Morgan fingerprint density at radius 3 is 2.81 bits per heavy atom. The fourth-order valence-electron chi connectivity index (χ4n) is 2.62. The molecule has 5 nitrogen and oxygen atoms in total. The maximum Gasteiger partial charge on any atom is 0.241 e. The molecule has 1 heterocycles. The molecule has 7 heteroatoms. The van der Waals surface area contributed by atoms with E-state index in [-0.39, 0.29) is 6.04 Å². The van der Waals surface area contributed by atoms with Crippen molar-refractivity contribution >= 4 is 26.0 Å². The molecule has 1 saturated heterocycles. The SMILES string of the molecule is CNCc1ccc(S(=O)(=O)NC2CCCN(C)C2)c(Br)c1. The van der Waals surface area contributed by atoms with E-state index in [9.17, 15) is 8.42 Å². The number of likely N-dealkylation sites (tertiary alicyclic amines) is 1. The van der Waals surface area contributed by atoms with Crippen molar-refractivity contribution in [1.29, 1.82) is 0 Å². The Morgan fingerprint density at radius 2 is 2.19 bits per heavy atom. The van der Waals surface area contributed by atoms with Gasteiger partial charge in [-0.3, -0.25) is 0 Å². The zero-order valence-corrected chi connectivity index (χ0v) is 14.8. The standard InChI is InChI=1S/C14H22BrN3O2S/c1-16-9-11-5-6-14(13(15)8-11)21(19,20)17-12-4-3-7-18(2)10-12/h5-6,8,12,16-17H,3-4,7,9-10H2,1-2H3. The first-order valence-electron chi connectivity index (χ1n) is 7.06. The molecule has 0 bridgehead atoms. The first-order valence-corrected chi connectivity index (χ1v) is 9.34. The van der Waals surface area contributed by atoms with Crippen molar-refractivity contribution in [3.8, 4) is 0 Å². The number of nitrogens with one attached hydrogen (secondary N) is 2. The van der Waals surface area contributed by atoms with E-state index < -0.39 is 10.0 Å². The summed E-state index contributed by atoms with van der Waals surface area (Å²) in [4.78, 5) is 2.46. The van der Waals surface area contributed by atoms with Gasteiger partial charge in [-0.15, -0.1) is 0 Å². The molecule has 21 heavy (non-hydrogen) atoms. The van der Waals surface area contributed by atoms with Crippen molar-refractivity contribution in [2.45, 2.75) is 30.3 Å². The molecule has 0 aliphatic carbocycles. The van der Waals surface area contributed by atoms with Gasteiger partial charge in [0.05, 0.1) is 4.90 Å². The third-order valence-corrected chi connectivity index (χ3v) is 6.11. The van der Waals surface area contributed by atoms with Crippen LogP contribution in [0.2, 0.25) is 0 Å². The minimum Gasteiger partial charge on any atom is -0.316 e. The Labute approximate surface area is 135 Å². The maximum absolute atomic E-state index is 12.5. The highest BCUT2D eigenvalue weighted by Gasteiger charge is 2.25. The second-order valence-corrected chi connectivity index (χ2v) is 8.05. The van der Waals surface area contributed by atoms with E-state index in [4.69, 9.17) is 0 Å². The molecule has 0 amide bonds. The minimum atomic E-state index is -3.49. The van der Waals surface area contributed by atoms with Crippen LogP contribution >= 0.6 is 15.9 Å². The molecular weight excluding hydrogens is 354 g/mol. The summed E-state index contributed by atoms with van der Waals surface area (Å²) in [6.45, 7) is 2.50. The van der Waals surface area contributed by atoms with Gasteiger partial charge in [-0.25, -0.2) is 13.1 Å². The molecule has 1 aromatic carbocycles. The molecule has 1 aromatic rings. The fourth-order valence-corrected chi connectivity index (χ4v) is 5.01. The zero-order valence-electron chi connectivity index (χ0n) is 12.4. The smallest absolute Gasteiger partial charge is 0.241 e. The van der Waals surface area contributed by atoms with Crippen LogP contribution in [-0.4, -0.2) is 46.5 Å². The van der Waals surface area contributed by atoms with E-state index >= 15 is 0 Å². The van der Waals surface area contributed by atoms with Gasteiger partial charge < -0.3 is 10.2 Å². The van der Waals surface area contributed by atoms with Gasteiger partial charge in [-0.05, 0) is 67.1 Å². The number of likely N-dealkylation sites (N-methyl/N-ethyl adjacent to an activating group) is 1. The molecule has 0 aromatic heterocycles. The van der Waals surface area contributed by atoms with E-state index in [1.807, 2.05) is 26.2 Å². The van der Waals surface area contributed by atoms with Crippen LogP contribution in [0.5, 0.6) is 0 Å². The van der Waals surface area contributed by atoms with Crippen LogP contribution in [0.3, 0.4) is 0 Å². The largest absolute Gasteiger partial charge is 0.316 e. The van der Waals surface area contributed by atoms with Crippen LogP contribution in [0.4, 0.5) is 0 Å². The quantitative estimate of drug-likeness (QED) is 0.819. The number of sulfonamides is 1. The summed E-state index contributed by atoms with van der Waals surface area (Å²) in [5.41, 5.74) is 1.04. The molecule has 0 radical (unpaired) electrons. The highest BCUT2D eigenvalue weighted by molar-refractivity contribution is 9.10. The fraction of sp³-hybridized carbons (Fsp3) is 0.571. The molecule has 1 aliphatic heterocycles. The highest BCUT2D eigenvalue weighted by atomic mass is 79.9. The summed E-state index contributed by atoms with van der Waals surface area (Å²) in [5.74, 6) is 0. The predicted molar refractivity (Wildman–Crippen MR) is 87.7 cm³/mol. The second kappa shape index (κ2) is 7.19. The van der Waals surface area contributed by atoms with E-state index in [2.05, 4.69) is 30.9 Å². The van der Waals surface area contributed by atoms with E-state index in [1.54, 1.807) is 6.07 Å². The molecule has 0 saturated carbocycles. The van der Waals surface area contributed by atoms with Crippen molar-refractivity contribution in [3.05, 3.63) is 28.2 Å². The normalized spacial score (nSPS) is 20.6. The third kappa shape index (κ3) is 4.50. The first-order chi connectivity index (χ1) is 9.92. The van der Waals surface area contributed by atoms with Gasteiger partial charge >= 0.3 is 0 Å². The lowest BCUT2D eigenvalue weighted by Crippen LogP contribution is -2.46. The first kappa shape index (κ1) is 16.9. The molecule has 0 spiro atoms. The summed E-state index contributed by atoms with van der Waals surface area (Å²) < 4.78 is 28.5. The average molecular weight is 376 g/mol. The van der Waals surface area contributed by atoms with Crippen LogP contribution in [-0.2, 0) is 16.6 Å². The number of halogens is 1. The average Bonchev–Trinajstić information content (AvgIpc) is 2.38. The van der Waals surface area contributed by atoms with Crippen molar-refractivity contribution in [2.75, 3.05) is 27.2 Å². The monoisotopic (exact) mass is 375 g/mol. The number of benzene rings is 1. The van der Waals surface area contributed by atoms with Crippen LogP contribution in [0.25, 0.3) is 0 Å². The molecule has 1 aliphatic rings. The van der Waals surface area contributed by atoms with Gasteiger partial charge in [0.25, 0.3) is 0 Å². The second-order valence-electron chi connectivity index (χ2n) is 5.52. The number of hydrogen-bond acceptors (Lipinski definition) is 4. The minimum absolute atomic E-state index is 0.0161. The molecule has 1 atom stereocenters. The Bertz CT molecular complexity index is 592. The third-order valence-electron chi connectivity index (χ3n) is 3.61. The summed E-state index contributed by atoms with van der Waals surface area (Å²) >= 11 is 3.37. The predicted octanol–water partition coefficient (Wildman–Crippen LogP) is 1.54. The lowest BCUT2D eigenvalue weighted by Gasteiger charge is -2.30. The number of rotatable bonds is 5. The molecule has 1 fully saturated rings. The Kier molecular flexibility index (Phi) is 5.79. The highest BCUT2D eigenvalue weighted by Crippen LogP contribution is 2.24. The van der Waals surface area contributed by atoms with Crippen molar-refractivity contribution < 1.29 is 8.42 Å². The van der Waals surface area contributed by atoms with Gasteiger partial charge in [0.1, 0.15) is 0 Å². The Hall–Kier alpha value is -0.470. The van der Waals surface area contributed by atoms with Crippen LogP contribution < -0.4 is 10.0 Å². The Morgan fingerprint density at radius 1 is 1.43 bits per heavy atom. The van der Waals surface area contributed by atoms with Gasteiger partial charge in [0.15, 0.2) is 0 Å². The molecule has 2 N–H and O–H groups in total. The molecular formula is C14H22BrN3O2S. The van der Waals surface area contributed by atoms with Crippen LogP contribution in [0.15, 0.2) is 27.6 Å². The maximum atomic E-state index is 12.5. The number of piperidine rings is 1. The van der Waals surface area contributed by atoms with Gasteiger partial charge in [0.2, 0.25) is 10.0 Å². The van der Waals surface area contributed by atoms with Crippen molar-refractivity contribution in [2.24, 2.45) is 0 Å². The van der Waals surface area contributed by atoms with E-state index in [1.165, 1.54) is 0 Å². The lowest BCUT2D eigenvalue weighted by molar-refractivity contribution is 0.242. The number of nitrogens with zero attached hydrogens (tertiary/aromatic N) is 1. The topological polar surface area (TPSA) is 61.4 Å². The molecule has 1 unspecified atom stereocenters. The zero-order chi connectivity index (χ0) is 15.5. The summed E-state index contributed by atoms with van der Waals surface area (Å²) in [5, 5.41) is 3.05. The van der Waals surface area contributed by atoms with E-state index in [0.717, 1.165) is 31.5 Å². The van der Waals surface area contributed by atoms with Gasteiger partial charge in [-0.1, -0.05) is 6.07 Å². The van der Waals surface area contributed by atoms with Crippen LogP contribution in [0.1, 0.15) is 18.4 Å². The summed E-state index contributed by atoms with van der Waals surface area (Å²) in [6.07, 6.45) is 1.91. The van der Waals surface area contributed by atoms with E-state index in [0.29, 0.717) is 15.9 Å². The van der Waals surface area contributed by atoms with Crippen molar-refractivity contribution in [1.82, 2.24) is 14.9 Å². The van der Waals surface area contributed by atoms with Crippen LogP contribution in [0, 0.1) is 0 Å². The molecule has 2 rings (SSSR count). The summed E-state index contributed by atoms with van der Waals surface area (Å²) in [7, 11) is 0.388. The molecule has 118 valence electrons. The van der Waals surface area contributed by atoms with Gasteiger partial charge in [-0.2, -0.15) is 0 Å². The number of hydrogen-bond donors (Lipinski definition) is 2. The lowest BCUT2D eigenvalue weighted by atomic mass is 10.1. The van der Waals surface area contributed by atoms with Crippen molar-refractivity contribution in [3.63, 3.8) is 0 Å². The Balaban J connectivity index is 2.15. The summed E-state index contributed by atoms with van der Waals surface area (Å²) in [6, 6.07) is 5.32.